The Kier molecular flexibility index (Phi) is 4.45. The summed E-state index contributed by atoms with van der Waals surface area (Å²) in [5.41, 5.74) is 7.43. The summed E-state index contributed by atoms with van der Waals surface area (Å²) in [4.78, 5) is 0. The number of halogens is 1. The Balaban J connectivity index is 0.00000144. The molecule has 2 N–H and O–H groups in total. The lowest BCUT2D eigenvalue weighted by atomic mass is 9.83. The number of hydrogen-bond donors (Lipinski definition) is 1. The highest BCUT2D eigenvalue weighted by atomic mass is 35.5. The van der Waals surface area contributed by atoms with Crippen LogP contribution in [0.3, 0.4) is 0 Å². The molecule has 0 saturated heterocycles. The van der Waals surface area contributed by atoms with E-state index < -0.39 is 0 Å². The first-order valence-electron chi connectivity index (χ1n) is 4.32. The van der Waals surface area contributed by atoms with Gasteiger partial charge in [-0.25, -0.2) is 0 Å². The lowest BCUT2D eigenvalue weighted by Crippen LogP contribution is -2.25. The third-order valence-corrected chi connectivity index (χ3v) is 2.09. The Hall–Kier alpha value is -0.530. The van der Waals surface area contributed by atoms with Crippen LogP contribution in [-0.2, 0) is 0 Å². The zero-order valence-electron chi connectivity index (χ0n) is 8.45. The lowest BCUT2D eigenvalue weighted by molar-refractivity contribution is 0.327. The predicted octanol–water partition coefficient (Wildman–Crippen LogP) is 3.15. The summed E-state index contributed by atoms with van der Waals surface area (Å²) < 4.78 is 0. The topological polar surface area (TPSA) is 26.0 Å². The molecule has 1 aromatic rings. The Bertz CT molecular complexity index is 238. The zero-order valence-corrected chi connectivity index (χ0v) is 9.27. The first-order chi connectivity index (χ1) is 5.52. The zero-order chi connectivity index (χ0) is 9.19. The summed E-state index contributed by atoms with van der Waals surface area (Å²) in [6.45, 7) is 6.47. The van der Waals surface area contributed by atoms with Crippen molar-refractivity contribution in [3.8, 4) is 0 Å². The molecule has 1 atom stereocenters. The largest absolute Gasteiger partial charge is 0.324 e. The Labute approximate surface area is 86.7 Å². The monoisotopic (exact) mass is 199 g/mol. The Morgan fingerprint density at radius 3 is 1.92 bits per heavy atom. The average molecular weight is 200 g/mol. The van der Waals surface area contributed by atoms with E-state index in [1.54, 1.807) is 0 Å². The molecule has 0 aliphatic heterocycles. The lowest BCUT2D eigenvalue weighted by Gasteiger charge is -2.27. The van der Waals surface area contributed by atoms with E-state index in [2.05, 4.69) is 32.9 Å². The summed E-state index contributed by atoms with van der Waals surface area (Å²) in [7, 11) is 0. The molecule has 0 aliphatic carbocycles. The molecule has 0 aliphatic rings. The van der Waals surface area contributed by atoms with Gasteiger partial charge in [-0.2, -0.15) is 0 Å². The molecule has 1 aromatic carbocycles. The molecular formula is C11H18ClN. The van der Waals surface area contributed by atoms with Gasteiger partial charge in [0.15, 0.2) is 0 Å². The van der Waals surface area contributed by atoms with Crippen molar-refractivity contribution < 1.29 is 0 Å². The van der Waals surface area contributed by atoms with Gasteiger partial charge in [-0.1, -0.05) is 51.1 Å². The van der Waals surface area contributed by atoms with Crippen LogP contribution in [0.15, 0.2) is 30.3 Å². The van der Waals surface area contributed by atoms with Gasteiger partial charge in [0.05, 0.1) is 0 Å². The van der Waals surface area contributed by atoms with Crippen molar-refractivity contribution in [2.24, 2.45) is 11.1 Å². The van der Waals surface area contributed by atoms with Crippen LogP contribution in [0, 0.1) is 5.41 Å². The van der Waals surface area contributed by atoms with E-state index in [0.717, 1.165) is 0 Å². The summed E-state index contributed by atoms with van der Waals surface area (Å²) in [6, 6.07) is 10.4. The van der Waals surface area contributed by atoms with Gasteiger partial charge >= 0.3 is 0 Å². The molecule has 0 bridgehead atoms. The van der Waals surface area contributed by atoms with Crippen molar-refractivity contribution in [1.82, 2.24) is 0 Å². The molecule has 0 aromatic heterocycles. The van der Waals surface area contributed by atoms with Gasteiger partial charge in [0.2, 0.25) is 0 Å². The maximum Gasteiger partial charge on any atom is 0.0344 e. The van der Waals surface area contributed by atoms with Gasteiger partial charge in [-0.05, 0) is 11.0 Å². The number of nitrogens with two attached hydrogens (primary N) is 1. The van der Waals surface area contributed by atoms with Gasteiger partial charge in [-0.15, -0.1) is 12.4 Å². The number of rotatable bonds is 1. The summed E-state index contributed by atoms with van der Waals surface area (Å²) >= 11 is 0. The number of hydrogen-bond acceptors (Lipinski definition) is 1. The quantitative estimate of drug-likeness (QED) is 0.739. The SMILES string of the molecule is CC(C)(C)C(N)c1ccccc1.Cl. The van der Waals surface area contributed by atoms with Crippen molar-refractivity contribution in [2.75, 3.05) is 0 Å². The molecule has 1 unspecified atom stereocenters. The van der Waals surface area contributed by atoms with Crippen LogP contribution < -0.4 is 5.73 Å². The summed E-state index contributed by atoms with van der Waals surface area (Å²) in [6.07, 6.45) is 0. The fraction of sp³-hybridized carbons (Fsp3) is 0.455. The first kappa shape index (κ1) is 12.5. The van der Waals surface area contributed by atoms with Crippen molar-refractivity contribution in [1.29, 1.82) is 0 Å². The fourth-order valence-corrected chi connectivity index (χ4v) is 1.16. The second-order valence-corrected chi connectivity index (χ2v) is 4.25. The van der Waals surface area contributed by atoms with Crippen LogP contribution in [0.5, 0.6) is 0 Å². The Morgan fingerprint density at radius 1 is 1.08 bits per heavy atom. The molecule has 0 radical (unpaired) electrons. The van der Waals surface area contributed by atoms with Gasteiger partial charge in [-0.3, -0.25) is 0 Å². The van der Waals surface area contributed by atoms with E-state index >= 15 is 0 Å². The fourth-order valence-electron chi connectivity index (χ4n) is 1.16. The van der Waals surface area contributed by atoms with Crippen molar-refractivity contribution in [2.45, 2.75) is 26.8 Å². The highest BCUT2D eigenvalue weighted by Crippen LogP contribution is 2.29. The van der Waals surface area contributed by atoms with Gasteiger partial charge in [0.1, 0.15) is 0 Å². The smallest absolute Gasteiger partial charge is 0.0344 e. The van der Waals surface area contributed by atoms with Gasteiger partial charge < -0.3 is 5.73 Å². The average Bonchev–Trinajstić information content (AvgIpc) is 2.03. The molecule has 0 amide bonds. The van der Waals surface area contributed by atoms with Crippen molar-refractivity contribution >= 4 is 12.4 Å². The molecular weight excluding hydrogens is 182 g/mol. The standard InChI is InChI=1S/C11H17N.ClH/c1-11(2,3)10(12)9-7-5-4-6-8-9;/h4-8,10H,12H2,1-3H3;1H. The van der Waals surface area contributed by atoms with Crippen molar-refractivity contribution in [3.63, 3.8) is 0 Å². The maximum absolute atomic E-state index is 6.07. The molecule has 74 valence electrons. The second-order valence-electron chi connectivity index (χ2n) is 4.25. The number of benzene rings is 1. The van der Waals surface area contributed by atoms with E-state index in [9.17, 15) is 0 Å². The summed E-state index contributed by atoms with van der Waals surface area (Å²) in [5.74, 6) is 0. The third-order valence-electron chi connectivity index (χ3n) is 2.09. The minimum atomic E-state index is 0. The van der Waals surface area contributed by atoms with Crippen LogP contribution in [0.1, 0.15) is 32.4 Å². The molecule has 0 heterocycles. The molecule has 1 rings (SSSR count). The van der Waals surface area contributed by atoms with Crippen LogP contribution >= 0.6 is 12.4 Å². The van der Waals surface area contributed by atoms with Gasteiger partial charge in [0, 0.05) is 6.04 Å². The normalized spacial score (nSPS) is 13.2. The maximum atomic E-state index is 6.07. The molecule has 13 heavy (non-hydrogen) atoms. The highest BCUT2D eigenvalue weighted by Gasteiger charge is 2.21. The van der Waals surface area contributed by atoms with E-state index in [-0.39, 0.29) is 23.9 Å². The van der Waals surface area contributed by atoms with Crippen LogP contribution in [-0.4, -0.2) is 0 Å². The predicted molar refractivity (Wildman–Crippen MR) is 60.1 cm³/mol. The van der Waals surface area contributed by atoms with Crippen molar-refractivity contribution in [3.05, 3.63) is 35.9 Å². The van der Waals surface area contributed by atoms with Crippen LogP contribution in [0.2, 0.25) is 0 Å². The minimum Gasteiger partial charge on any atom is -0.324 e. The second kappa shape index (κ2) is 4.64. The van der Waals surface area contributed by atoms with Crippen LogP contribution in [0.4, 0.5) is 0 Å². The van der Waals surface area contributed by atoms with E-state index in [0.29, 0.717) is 0 Å². The van der Waals surface area contributed by atoms with E-state index in [1.807, 2.05) is 18.2 Å². The van der Waals surface area contributed by atoms with E-state index in [1.165, 1.54) is 5.56 Å². The highest BCUT2D eigenvalue weighted by molar-refractivity contribution is 5.85. The Morgan fingerprint density at radius 2 is 1.54 bits per heavy atom. The van der Waals surface area contributed by atoms with Gasteiger partial charge in [0.25, 0.3) is 0 Å². The molecule has 0 fully saturated rings. The molecule has 2 heteroatoms. The third kappa shape index (κ3) is 3.37. The van der Waals surface area contributed by atoms with Crippen LogP contribution in [0.25, 0.3) is 0 Å². The van der Waals surface area contributed by atoms with E-state index in [4.69, 9.17) is 5.73 Å². The minimum absolute atomic E-state index is 0. The first-order valence-corrected chi connectivity index (χ1v) is 4.32. The molecule has 1 nitrogen and oxygen atoms in total. The summed E-state index contributed by atoms with van der Waals surface area (Å²) in [5, 5.41) is 0. The molecule has 0 spiro atoms. The molecule has 0 saturated carbocycles.